The number of carbonyl (C=O) groups excluding carboxylic acids is 2. The van der Waals surface area contributed by atoms with Gasteiger partial charge in [0.25, 0.3) is 0 Å². The molecule has 2 fully saturated rings. The predicted molar refractivity (Wildman–Crippen MR) is 108 cm³/mol. The van der Waals surface area contributed by atoms with E-state index in [1.54, 1.807) is 36.4 Å². The molecule has 8 nitrogen and oxygen atoms in total. The lowest BCUT2D eigenvalue weighted by Gasteiger charge is -2.27. The van der Waals surface area contributed by atoms with Crippen LogP contribution in [0, 0.1) is 11.8 Å². The maximum Gasteiger partial charge on any atom is 0.324 e. The van der Waals surface area contributed by atoms with Gasteiger partial charge < -0.3 is 14.9 Å². The first-order valence-corrected chi connectivity index (χ1v) is 9.59. The fourth-order valence-corrected chi connectivity index (χ4v) is 4.61. The number of carboxylic acids is 1. The number of hydrogen-bond acceptors (Lipinski definition) is 6. The van der Waals surface area contributed by atoms with Gasteiger partial charge in [-0.3, -0.25) is 19.7 Å². The average molecular weight is 431 g/mol. The number of amides is 2. The average Bonchev–Trinajstić information content (AvgIpc) is 3.16. The Balaban J connectivity index is 1.86. The van der Waals surface area contributed by atoms with Crippen molar-refractivity contribution in [2.45, 2.75) is 18.5 Å². The van der Waals surface area contributed by atoms with Crippen LogP contribution < -0.4 is 15.0 Å². The first kappa shape index (κ1) is 20.2. The normalized spacial score (nSPS) is 28.0. The summed E-state index contributed by atoms with van der Waals surface area (Å²) in [6, 6.07) is 10.1. The number of anilines is 1. The number of halogens is 1. The van der Waals surface area contributed by atoms with Crippen LogP contribution in [0.2, 0.25) is 5.02 Å². The lowest BCUT2D eigenvalue weighted by Crippen LogP contribution is -2.53. The van der Waals surface area contributed by atoms with Crippen LogP contribution in [0.15, 0.2) is 42.5 Å². The second kappa shape index (κ2) is 7.00. The number of rotatable bonds is 4. The number of nitrogens with zero attached hydrogens (tertiary/aromatic N) is 1. The number of nitrogens with one attached hydrogen (secondary N) is 1. The van der Waals surface area contributed by atoms with Crippen LogP contribution in [-0.2, 0) is 14.4 Å². The molecule has 2 saturated heterocycles. The van der Waals surface area contributed by atoms with E-state index in [0.717, 1.165) is 4.90 Å². The van der Waals surface area contributed by atoms with Crippen molar-refractivity contribution >= 4 is 35.1 Å². The highest BCUT2D eigenvalue weighted by Gasteiger charge is 2.67. The van der Waals surface area contributed by atoms with E-state index in [1.807, 2.05) is 0 Å². The van der Waals surface area contributed by atoms with Gasteiger partial charge in [-0.1, -0.05) is 29.8 Å². The summed E-state index contributed by atoms with van der Waals surface area (Å²) >= 11 is 6.02. The predicted octanol–water partition coefficient (Wildman–Crippen LogP) is 2.35. The highest BCUT2D eigenvalue weighted by Crippen LogP contribution is 2.52. The minimum Gasteiger partial charge on any atom is -0.504 e. The van der Waals surface area contributed by atoms with E-state index >= 15 is 0 Å². The number of phenolic OH excluding ortho intramolecular Hbond substituents is 1. The molecule has 4 rings (SSSR count). The Labute approximate surface area is 177 Å². The van der Waals surface area contributed by atoms with Gasteiger partial charge in [0.1, 0.15) is 5.54 Å². The SMILES string of the molecule is COc1cccc(C2NC(C)(C(=O)O)C3C(=O)N(c4cccc(Cl)c4)C(=O)C23)c1O. The molecule has 0 aliphatic carbocycles. The third kappa shape index (κ3) is 2.75. The van der Waals surface area contributed by atoms with Crippen molar-refractivity contribution in [1.29, 1.82) is 0 Å². The van der Waals surface area contributed by atoms with Gasteiger partial charge in [-0.15, -0.1) is 0 Å². The van der Waals surface area contributed by atoms with Crippen LogP contribution in [0.25, 0.3) is 0 Å². The number of benzene rings is 2. The number of methoxy groups -OCH3 is 1. The number of fused-ring (bicyclic) bond motifs is 1. The maximum atomic E-state index is 13.4. The largest absolute Gasteiger partial charge is 0.504 e. The first-order chi connectivity index (χ1) is 14.2. The zero-order valence-electron chi connectivity index (χ0n) is 16.1. The minimum absolute atomic E-state index is 0.179. The van der Waals surface area contributed by atoms with Gasteiger partial charge in [-0.2, -0.15) is 0 Å². The van der Waals surface area contributed by atoms with E-state index in [0.29, 0.717) is 5.02 Å². The standard InChI is InChI=1S/C21H19ClN2O6/c1-21(20(28)29)15-14(16(23-21)12-7-4-8-13(30-2)17(12)25)18(26)24(19(15)27)11-6-3-5-10(22)9-11/h3-9,14-16,23,25H,1-2H3,(H,28,29). The summed E-state index contributed by atoms with van der Waals surface area (Å²) in [4.78, 5) is 39.8. The molecular formula is C21H19ClN2O6. The zero-order chi connectivity index (χ0) is 21.8. The van der Waals surface area contributed by atoms with E-state index < -0.39 is 41.2 Å². The number of hydrogen-bond donors (Lipinski definition) is 3. The van der Waals surface area contributed by atoms with Crippen molar-refractivity contribution in [3.63, 3.8) is 0 Å². The monoisotopic (exact) mass is 430 g/mol. The van der Waals surface area contributed by atoms with E-state index in [4.69, 9.17) is 16.3 Å². The van der Waals surface area contributed by atoms with E-state index in [1.165, 1.54) is 20.1 Å². The molecule has 30 heavy (non-hydrogen) atoms. The van der Waals surface area contributed by atoms with E-state index in [2.05, 4.69) is 5.32 Å². The quantitative estimate of drug-likeness (QED) is 0.637. The smallest absolute Gasteiger partial charge is 0.324 e. The van der Waals surface area contributed by atoms with Crippen LogP contribution >= 0.6 is 11.6 Å². The van der Waals surface area contributed by atoms with Crippen molar-refractivity contribution in [3.8, 4) is 11.5 Å². The van der Waals surface area contributed by atoms with Gasteiger partial charge in [0.2, 0.25) is 11.8 Å². The highest BCUT2D eigenvalue weighted by atomic mass is 35.5. The zero-order valence-corrected chi connectivity index (χ0v) is 16.9. The lowest BCUT2D eigenvalue weighted by atomic mass is 9.80. The summed E-state index contributed by atoms with van der Waals surface area (Å²) in [5.41, 5.74) is -1.16. The summed E-state index contributed by atoms with van der Waals surface area (Å²) in [6.07, 6.45) is 0. The molecule has 2 heterocycles. The summed E-state index contributed by atoms with van der Waals surface area (Å²) in [5, 5.41) is 23.8. The molecule has 2 amide bonds. The minimum atomic E-state index is -1.72. The Morgan fingerprint density at radius 3 is 2.53 bits per heavy atom. The van der Waals surface area contributed by atoms with E-state index in [-0.39, 0.29) is 22.7 Å². The number of phenols is 1. The molecule has 4 atom stereocenters. The van der Waals surface area contributed by atoms with Gasteiger partial charge >= 0.3 is 5.97 Å². The van der Waals surface area contributed by atoms with Crippen LogP contribution in [0.5, 0.6) is 11.5 Å². The molecular weight excluding hydrogens is 412 g/mol. The lowest BCUT2D eigenvalue weighted by molar-refractivity contribution is -0.147. The number of para-hydroxylation sites is 1. The number of imide groups is 1. The Bertz CT molecular complexity index is 1070. The summed E-state index contributed by atoms with van der Waals surface area (Å²) in [7, 11) is 1.39. The van der Waals surface area contributed by atoms with Crippen molar-refractivity contribution in [2.24, 2.45) is 11.8 Å². The number of ether oxygens (including phenoxy) is 1. The van der Waals surface area contributed by atoms with Gasteiger partial charge in [0.15, 0.2) is 11.5 Å². The number of carboxylic acid groups (broad SMARTS) is 1. The molecule has 9 heteroatoms. The number of carbonyl (C=O) groups is 3. The molecule has 0 spiro atoms. The van der Waals surface area contributed by atoms with Gasteiger partial charge in [-0.25, -0.2) is 4.90 Å². The summed E-state index contributed by atoms with van der Waals surface area (Å²) in [6.45, 7) is 1.37. The molecule has 156 valence electrons. The third-order valence-corrected chi connectivity index (χ3v) is 6.12. The molecule has 0 saturated carbocycles. The van der Waals surface area contributed by atoms with Gasteiger partial charge in [0, 0.05) is 16.6 Å². The molecule has 2 aliphatic rings. The second-order valence-electron chi connectivity index (χ2n) is 7.52. The van der Waals surface area contributed by atoms with Crippen LogP contribution in [0.3, 0.4) is 0 Å². The number of aromatic hydroxyl groups is 1. The molecule has 2 aromatic carbocycles. The number of aliphatic carboxylic acids is 1. The molecule has 4 unspecified atom stereocenters. The molecule has 0 aromatic heterocycles. The summed E-state index contributed by atoms with van der Waals surface area (Å²) in [5.74, 6) is -4.69. The molecule has 0 bridgehead atoms. The molecule has 0 radical (unpaired) electrons. The van der Waals surface area contributed by atoms with Gasteiger partial charge in [0.05, 0.1) is 24.6 Å². The Morgan fingerprint density at radius 2 is 1.90 bits per heavy atom. The molecule has 2 aromatic rings. The Hall–Kier alpha value is -3.10. The van der Waals surface area contributed by atoms with E-state index in [9.17, 15) is 24.6 Å². The van der Waals surface area contributed by atoms with Crippen molar-refractivity contribution < 1.29 is 29.3 Å². The van der Waals surface area contributed by atoms with Crippen molar-refractivity contribution in [2.75, 3.05) is 12.0 Å². The fourth-order valence-electron chi connectivity index (χ4n) is 4.43. The summed E-state index contributed by atoms with van der Waals surface area (Å²) < 4.78 is 5.14. The highest BCUT2D eigenvalue weighted by molar-refractivity contribution is 6.31. The van der Waals surface area contributed by atoms with Crippen molar-refractivity contribution in [3.05, 3.63) is 53.1 Å². The first-order valence-electron chi connectivity index (χ1n) is 9.21. The van der Waals surface area contributed by atoms with Crippen LogP contribution in [-0.4, -0.2) is 40.6 Å². The topological polar surface area (TPSA) is 116 Å². The molecule has 3 N–H and O–H groups in total. The van der Waals surface area contributed by atoms with Gasteiger partial charge in [-0.05, 0) is 31.2 Å². The Kier molecular flexibility index (Phi) is 4.71. The van der Waals surface area contributed by atoms with Crippen molar-refractivity contribution in [1.82, 2.24) is 5.32 Å². The fraction of sp³-hybridized carbons (Fsp3) is 0.286. The molecule has 2 aliphatic heterocycles. The van der Waals surface area contributed by atoms with Crippen LogP contribution in [0.1, 0.15) is 18.5 Å². The third-order valence-electron chi connectivity index (χ3n) is 5.88. The Morgan fingerprint density at radius 1 is 1.20 bits per heavy atom. The van der Waals surface area contributed by atoms with Crippen LogP contribution in [0.4, 0.5) is 5.69 Å². The maximum absolute atomic E-state index is 13.4. The second-order valence-corrected chi connectivity index (χ2v) is 7.96.